The Hall–Kier alpha value is -0.900. The normalized spacial score (nSPS) is 14.6. The predicted molar refractivity (Wildman–Crippen MR) is 73.0 cm³/mol. The van der Waals surface area contributed by atoms with Crippen molar-refractivity contribution in [2.45, 2.75) is 26.2 Å². The summed E-state index contributed by atoms with van der Waals surface area (Å²) in [7, 11) is 0. The van der Waals surface area contributed by atoms with Crippen LogP contribution in [0.4, 0.5) is 4.39 Å². The predicted octanol–water partition coefficient (Wildman–Crippen LogP) is 3.85. The highest BCUT2D eigenvalue weighted by Gasteiger charge is 2.27. The van der Waals surface area contributed by atoms with Crippen molar-refractivity contribution < 1.29 is 9.18 Å². The first-order chi connectivity index (χ1) is 8.61. The number of nitrogens with zero attached hydrogens (tertiary/aromatic N) is 1. The Balaban J connectivity index is 2.12. The maximum atomic E-state index is 13.2. The van der Waals surface area contributed by atoms with Crippen molar-refractivity contribution >= 4 is 21.8 Å². The van der Waals surface area contributed by atoms with Crippen LogP contribution in [0, 0.1) is 11.7 Å². The second-order valence-corrected chi connectivity index (χ2v) is 5.68. The number of amides is 1. The molecule has 0 saturated heterocycles. The molecule has 0 atom stereocenters. The van der Waals surface area contributed by atoms with Gasteiger partial charge in [-0.1, -0.05) is 6.92 Å². The second kappa shape index (κ2) is 5.83. The van der Waals surface area contributed by atoms with Crippen LogP contribution in [-0.2, 0) is 0 Å². The highest BCUT2D eigenvalue weighted by Crippen LogP contribution is 2.30. The van der Waals surface area contributed by atoms with Gasteiger partial charge in [0.2, 0.25) is 0 Å². The minimum atomic E-state index is -0.337. The monoisotopic (exact) mass is 313 g/mol. The molecule has 0 heterocycles. The third kappa shape index (κ3) is 3.31. The van der Waals surface area contributed by atoms with Crippen molar-refractivity contribution in [3.8, 4) is 0 Å². The molecule has 0 aliphatic heterocycles. The smallest absolute Gasteiger partial charge is 0.253 e. The topological polar surface area (TPSA) is 20.3 Å². The fraction of sp³-hybridized carbons (Fsp3) is 0.500. The molecule has 0 bridgehead atoms. The summed E-state index contributed by atoms with van der Waals surface area (Å²) in [6.07, 6.45) is 3.39. The molecule has 1 aliphatic rings. The quantitative estimate of drug-likeness (QED) is 0.808. The van der Waals surface area contributed by atoms with Crippen LogP contribution in [0.25, 0.3) is 0 Å². The zero-order chi connectivity index (χ0) is 13.1. The van der Waals surface area contributed by atoms with Crippen molar-refractivity contribution in [3.63, 3.8) is 0 Å². The van der Waals surface area contributed by atoms with E-state index in [1.165, 1.54) is 18.9 Å². The van der Waals surface area contributed by atoms with E-state index in [-0.39, 0.29) is 11.7 Å². The van der Waals surface area contributed by atoms with E-state index in [2.05, 4.69) is 22.9 Å². The summed E-state index contributed by atoms with van der Waals surface area (Å²) >= 11 is 3.12. The lowest BCUT2D eigenvalue weighted by atomic mass is 10.2. The summed E-state index contributed by atoms with van der Waals surface area (Å²) in [6, 6.07) is 4.45. The highest BCUT2D eigenvalue weighted by molar-refractivity contribution is 9.10. The Morgan fingerprint density at radius 2 is 2.22 bits per heavy atom. The summed E-state index contributed by atoms with van der Waals surface area (Å²) in [4.78, 5) is 14.2. The standard InChI is InChI=1S/C14H17BrFNO/c1-2-7-17(9-10-3-4-10)14(18)11-5-6-13(16)12(15)8-11/h5-6,8,10H,2-4,7,9H2,1H3. The molecule has 18 heavy (non-hydrogen) atoms. The van der Waals surface area contributed by atoms with Gasteiger partial charge in [0.05, 0.1) is 4.47 Å². The van der Waals surface area contributed by atoms with Crippen molar-refractivity contribution in [1.29, 1.82) is 0 Å². The maximum absolute atomic E-state index is 13.2. The van der Waals surface area contributed by atoms with Crippen LogP contribution >= 0.6 is 15.9 Å². The van der Waals surface area contributed by atoms with E-state index in [1.54, 1.807) is 12.1 Å². The summed E-state index contributed by atoms with van der Waals surface area (Å²) in [5, 5.41) is 0. The molecular weight excluding hydrogens is 297 g/mol. The average Bonchev–Trinajstić information content (AvgIpc) is 3.15. The lowest BCUT2D eigenvalue weighted by molar-refractivity contribution is 0.0747. The number of carbonyl (C=O) groups is 1. The van der Waals surface area contributed by atoms with Gasteiger partial charge in [-0.05, 0) is 59.3 Å². The number of hydrogen-bond donors (Lipinski definition) is 0. The van der Waals surface area contributed by atoms with E-state index >= 15 is 0 Å². The lowest BCUT2D eigenvalue weighted by Crippen LogP contribution is -2.33. The molecule has 2 nitrogen and oxygen atoms in total. The number of hydrogen-bond acceptors (Lipinski definition) is 1. The van der Waals surface area contributed by atoms with Crippen LogP contribution in [0.5, 0.6) is 0 Å². The second-order valence-electron chi connectivity index (χ2n) is 4.82. The van der Waals surface area contributed by atoms with Gasteiger partial charge in [0, 0.05) is 18.7 Å². The first-order valence-corrected chi connectivity index (χ1v) is 7.15. The minimum Gasteiger partial charge on any atom is -0.338 e. The lowest BCUT2D eigenvalue weighted by Gasteiger charge is -2.22. The van der Waals surface area contributed by atoms with Crippen LogP contribution < -0.4 is 0 Å². The van der Waals surface area contributed by atoms with Crippen LogP contribution in [0.1, 0.15) is 36.5 Å². The first-order valence-electron chi connectivity index (χ1n) is 6.36. The zero-order valence-electron chi connectivity index (χ0n) is 10.5. The van der Waals surface area contributed by atoms with Crippen LogP contribution in [0.2, 0.25) is 0 Å². The summed E-state index contributed by atoms with van der Waals surface area (Å²) in [5.74, 6) is 0.338. The molecule has 1 saturated carbocycles. The Kier molecular flexibility index (Phi) is 4.38. The van der Waals surface area contributed by atoms with Crippen LogP contribution in [-0.4, -0.2) is 23.9 Å². The Morgan fingerprint density at radius 1 is 1.50 bits per heavy atom. The molecule has 0 N–H and O–H groups in total. The van der Waals surface area contributed by atoms with Crippen molar-refractivity contribution in [2.24, 2.45) is 5.92 Å². The van der Waals surface area contributed by atoms with Crippen molar-refractivity contribution in [2.75, 3.05) is 13.1 Å². The van der Waals surface area contributed by atoms with E-state index in [0.29, 0.717) is 16.0 Å². The van der Waals surface area contributed by atoms with Crippen molar-refractivity contribution in [1.82, 2.24) is 4.90 Å². The summed E-state index contributed by atoms with van der Waals surface area (Å²) < 4.78 is 13.5. The van der Waals surface area contributed by atoms with E-state index in [1.807, 2.05) is 4.90 Å². The van der Waals surface area contributed by atoms with Gasteiger partial charge in [-0.15, -0.1) is 0 Å². The fourth-order valence-electron chi connectivity index (χ4n) is 1.97. The van der Waals surface area contributed by atoms with E-state index in [4.69, 9.17) is 0 Å². The molecule has 0 unspecified atom stereocenters. The van der Waals surface area contributed by atoms with Gasteiger partial charge >= 0.3 is 0 Å². The third-order valence-corrected chi connectivity index (χ3v) is 3.73. The Bertz CT molecular complexity index is 445. The molecule has 0 radical (unpaired) electrons. The van der Waals surface area contributed by atoms with Gasteiger partial charge < -0.3 is 4.90 Å². The largest absolute Gasteiger partial charge is 0.338 e. The van der Waals surface area contributed by atoms with Gasteiger partial charge in [0.25, 0.3) is 5.91 Å². The molecule has 4 heteroatoms. The van der Waals surface area contributed by atoms with Gasteiger partial charge in [-0.2, -0.15) is 0 Å². The number of benzene rings is 1. The number of rotatable bonds is 5. The molecule has 2 rings (SSSR count). The highest BCUT2D eigenvalue weighted by atomic mass is 79.9. The van der Waals surface area contributed by atoms with Gasteiger partial charge in [0.1, 0.15) is 5.82 Å². The maximum Gasteiger partial charge on any atom is 0.253 e. The summed E-state index contributed by atoms with van der Waals surface area (Å²) in [6.45, 7) is 3.67. The number of carbonyl (C=O) groups excluding carboxylic acids is 1. The van der Waals surface area contributed by atoms with Gasteiger partial charge in [0.15, 0.2) is 0 Å². The first kappa shape index (κ1) is 13.5. The Morgan fingerprint density at radius 3 is 2.78 bits per heavy atom. The molecular formula is C14H17BrFNO. The van der Waals surface area contributed by atoms with E-state index in [0.717, 1.165) is 19.5 Å². The molecule has 0 aromatic heterocycles. The number of halogens is 2. The fourth-order valence-corrected chi connectivity index (χ4v) is 2.35. The third-order valence-electron chi connectivity index (χ3n) is 3.12. The molecule has 1 amide bonds. The van der Waals surface area contributed by atoms with Gasteiger partial charge in [-0.25, -0.2) is 4.39 Å². The summed E-state index contributed by atoms with van der Waals surface area (Å²) in [5.41, 5.74) is 0.553. The van der Waals surface area contributed by atoms with E-state index in [9.17, 15) is 9.18 Å². The average molecular weight is 314 g/mol. The molecule has 0 spiro atoms. The van der Waals surface area contributed by atoms with Crippen molar-refractivity contribution in [3.05, 3.63) is 34.1 Å². The van der Waals surface area contributed by atoms with E-state index < -0.39 is 0 Å². The molecule has 1 aromatic rings. The molecule has 1 aliphatic carbocycles. The SMILES string of the molecule is CCCN(CC1CC1)C(=O)c1ccc(F)c(Br)c1. The molecule has 1 fully saturated rings. The zero-order valence-corrected chi connectivity index (χ0v) is 12.0. The molecule has 98 valence electrons. The van der Waals surface area contributed by atoms with Gasteiger partial charge in [-0.3, -0.25) is 4.79 Å². The minimum absolute atomic E-state index is 0.00412. The molecule has 1 aromatic carbocycles. The van der Waals surface area contributed by atoms with Crippen LogP contribution in [0.15, 0.2) is 22.7 Å². The Labute approximate surface area is 115 Å². The van der Waals surface area contributed by atoms with Crippen LogP contribution in [0.3, 0.4) is 0 Å².